The van der Waals surface area contributed by atoms with Gasteiger partial charge in [0, 0.05) is 11.8 Å². The van der Waals surface area contributed by atoms with Gasteiger partial charge in [0.05, 0.1) is 5.69 Å². The summed E-state index contributed by atoms with van der Waals surface area (Å²) in [6.45, 7) is 1.65. The minimum absolute atomic E-state index is 0.0276. The Kier molecular flexibility index (Phi) is 2.94. The highest BCUT2D eigenvalue weighted by Gasteiger charge is 2.22. The number of aromatic nitrogens is 1. The van der Waals surface area contributed by atoms with Gasteiger partial charge in [0.1, 0.15) is 0 Å². The highest BCUT2D eigenvalue weighted by molar-refractivity contribution is 7.94. The molecule has 106 valence electrons. The standard InChI is InChI=1S/C11H10N2O5S2/c1-6-10(19-11(14)12-6)20(15,16)13-7-2-3-8-9(4-7)18-5-17-8/h2-4,13H,5H2,1H3,(H,12,14). The topological polar surface area (TPSA) is 97.5 Å². The van der Waals surface area contributed by atoms with Crippen LogP contribution in [0.5, 0.6) is 11.5 Å². The van der Waals surface area contributed by atoms with Crippen LogP contribution < -0.4 is 19.1 Å². The first kappa shape index (κ1) is 13.0. The molecule has 1 aliphatic rings. The number of rotatable bonds is 3. The van der Waals surface area contributed by atoms with Crippen LogP contribution >= 0.6 is 11.3 Å². The Morgan fingerprint density at radius 2 is 2.05 bits per heavy atom. The predicted octanol–water partition coefficient (Wildman–Crippen LogP) is 1.27. The van der Waals surface area contributed by atoms with Gasteiger partial charge >= 0.3 is 4.87 Å². The maximum absolute atomic E-state index is 12.2. The predicted molar refractivity (Wildman–Crippen MR) is 73.1 cm³/mol. The van der Waals surface area contributed by atoms with Crippen LogP contribution in [0.4, 0.5) is 5.69 Å². The van der Waals surface area contributed by atoms with Crippen molar-refractivity contribution in [3.63, 3.8) is 0 Å². The summed E-state index contributed by atoms with van der Waals surface area (Å²) in [5.74, 6) is 1.04. The van der Waals surface area contributed by atoms with Crippen molar-refractivity contribution in [2.75, 3.05) is 11.5 Å². The molecule has 0 aliphatic carbocycles. The molecule has 20 heavy (non-hydrogen) atoms. The van der Waals surface area contributed by atoms with E-state index in [1.54, 1.807) is 12.1 Å². The molecule has 1 aromatic carbocycles. The fraction of sp³-hybridized carbons (Fsp3) is 0.182. The lowest BCUT2D eigenvalue weighted by atomic mass is 10.3. The zero-order chi connectivity index (χ0) is 14.3. The minimum Gasteiger partial charge on any atom is -0.454 e. The fourth-order valence-electron chi connectivity index (χ4n) is 1.81. The maximum Gasteiger partial charge on any atom is 0.306 e. The molecule has 0 saturated heterocycles. The van der Waals surface area contributed by atoms with E-state index in [1.165, 1.54) is 13.0 Å². The molecule has 0 bridgehead atoms. The quantitative estimate of drug-likeness (QED) is 0.889. The second-order valence-corrected chi connectivity index (χ2v) is 6.96. The zero-order valence-corrected chi connectivity index (χ0v) is 11.9. The SMILES string of the molecule is Cc1[nH]c(=O)sc1S(=O)(=O)Nc1ccc2c(c1)OCO2. The van der Waals surface area contributed by atoms with Gasteiger partial charge < -0.3 is 14.5 Å². The number of thiazole rings is 1. The summed E-state index contributed by atoms with van der Waals surface area (Å²) in [7, 11) is -3.80. The second kappa shape index (κ2) is 4.53. The Labute approximate surface area is 118 Å². The molecule has 0 amide bonds. The summed E-state index contributed by atoms with van der Waals surface area (Å²) in [4.78, 5) is 13.2. The molecule has 1 aliphatic heterocycles. The van der Waals surface area contributed by atoms with Crippen molar-refractivity contribution in [3.05, 3.63) is 33.6 Å². The number of hydrogen-bond donors (Lipinski definition) is 2. The van der Waals surface area contributed by atoms with Crippen LogP contribution in [0.1, 0.15) is 5.69 Å². The highest BCUT2D eigenvalue weighted by Crippen LogP contribution is 2.35. The molecule has 2 N–H and O–H groups in total. The third kappa shape index (κ3) is 2.25. The first-order valence-electron chi connectivity index (χ1n) is 5.58. The number of anilines is 1. The van der Waals surface area contributed by atoms with E-state index in [1.807, 2.05) is 0 Å². The molecule has 0 radical (unpaired) electrons. The van der Waals surface area contributed by atoms with Crippen molar-refractivity contribution < 1.29 is 17.9 Å². The number of H-pyrrole nitrogens is 1. The van der Waals surface area contributed by atoms with Crippen LogP contribution in [0.25, 0.3) is 0 Å². The van der Waals surface area contributed by atoms with Gasteiger partial charge in [-0.25, -0.2) is 8.42 Å². The zero-order valence-electron chi connectivity index (χ0n) is 10.3. The van der Waals surface area contributed by atoms with Crippen molar-refractivity contribution in [3.8, 4) is 11.5 Å². The number of nitrogens with one attached hydrogen (secondary N) is 2. The van der Waals surface area contributed by atoms with Gasteiger partial charge in [-0.05, 0) is 19.1 Å². The molecule has 2 aromatic rings. The van der Waals surface area contributed by atoms with E-state index >= 15 is 0 Å². The van der Waals surface area contributed by atoms with E-state index in [4.69, 9.17) is 9.47 Å². The molecule has 0 unspecified atom stereocenters. The smallest absolute Gasteiger partial charge is 0.306 e. The first-order valence-corrected chi connectivity index (χ1v) is 7.88. The van der Waals surface area contributed by atoms with Gasteiger partial charge in [-0.3, -0.25) is 9.52 Å². The summed E-state index contributed by atoms with van der Waals surface area (Å²) in [5.41, 5.74) is 0.655. The molecule has 2 heterocycles. The molecule has 0 saturated carbocycles. The summed E-state index contributed by atoms with van der Waals surface area (Å²) >= 11 is 0.648. The lowest BCUT2D eigenvalue weighted by Gasteiger charge is -2.07. The van der Waals surface area contributed by atoms with Crippen LogP contribution in [-0.4, -0.2) is 20.2 Å². The average molecular weight is 314 g/mol. The molecule has 0 spiro atoms. The Morgan fingerprint density at radius 1 is 1.30 bits per heavy atom. The van der Waals surface area contributed by atoms with E-state index in [2.05, 4.69) is 9.71 Å². The second-order valence-electron chi connectivity index (χ2n) is 4.10. The number of sulfonamides is 1. The van der Waals surface area contributed by atoms with Crippen LogP contribution in [0, 0.1) is 6.92 Å². The molecule has 9 heteroatoms. The van der Waals surface area contributed by atoms with E-state index in [0.29, 0.717) is 34.2 Å². The van der Waals surface area contributed by atoms with Crippen LogP contribution in [0.2, 0.25) is 0 Å². The number of ether oxygens (including phenoxy) is 2. The van der Waals surface area contributed by atoms with Crippen LogP contribution in [0.3, 0.4) is 0 Å². The van der Waals surface area contributed by atoms with Crippen LogP contribution in [-0.2, 0) is 10.0 Å². The molecule has 3 rings (SSSR count). The first-order chi connectivity index (χ1) is 9.45. The number of aromatic amines is 1. The average Bonchev–Trinajstić information content (AvgIpc) is 2.94. The molecular weight excluding hydrogens is 304 g/mol. The molecule has 7 nitrogen and oxygen atoms in total. The minimum atomic E-state index is -3.80. The number of benzene rings is 1. The lowest BCUT2D eigenvalue weighted by Crippen LogP contribution is -2.12. The third-order valence-electron chi connectivity index (χ3n) is 2.65. The largest absolute Gasteiger partial charge is 0.454 e. The van der Waals surface area contributed by atoms with E-state index in [0.717, 1.165) is 0 Å². The molecule has 0 fully saturated rings. The highest BCUT2D eigenvalue weighted by atomic mass is 32.2. The van der Waals surface area contributed by atoms with Crippen molar-refractivity contribution in [1.29, 1.82) is 0 Å². The molecular formula is C11H10N2O5S2. The van der Waals surface area contributed by atoms with E-state index in [-0.39, 0.29) is 11.0 Å². The molecule has 1 aromatic heterocycles. The summed E-state index contributed by atoms with van der Waals surface area (Å²) in [6, 6.07) is 4.72. The van der Waals surface area contributed by atoms with Crippen molar-refractivity contribution in [2.45, 2.75) is 11.1 Å². The fourth-order valence-corrected chi connectivity index (χ4v) is 4.16. The van der Waals surface area contributed by atoms with Gasteiger partial charge in [0.2, 0.25) is 6.79 Å². The summed E-state index contributed by atoms with van der Waals surface area (Å²) in [6.07, 6.45) is 0. The lowest BCUT2D eigenvalue weighted by molar-refractivity contribution is 0.174. The van der Waals surface area contributed by atoms with Gasteiger partial charge in [-0.2, -0.15) is 0 Å². The maximum atomic E-state index is 12.2. The Hall–Kier alpha value is -2.00. The monoisotopic (exact) mass is 314 g/mol. The van der Waals surface area contributed by atoms with E-state index in [9.17, 15) is 13.2 Å². The number of fused-ring (bicyclic) bond motifs is 1. The Balaban J connectivity index is 1.94. The molecule has 0 atom stereocenters. The van der Waals surface area contributed by atoms with E-state index < -0.39 is 14.9 Å². The normalized spacial score (nSPS) is 13.4. The van der Waals surface area contributed by atoms with Crippen molar-refractivity contribution in [2.24, 2.45) is 0 Å². The summed E-state index contributed by atoms with van der Waals surface area (Å²) in [5, 5.41) is 0. The van der Waals surface area contributed by atoms with Gasteiger partial charge in [-0.15, -0.1) is 0 Å². The van der Waals surface area contributed by atoms with Crippen molar-refractivity contribution in [1.82, 2.24) is 4.98 Å². The third-order valence-corrected chi connectivity index (χ3v) is 5.64. The Bertz CT molecular complexity index is 822. The van der Waals surface area contributed by atoms with Crippen molar-refractivity contribution >= 4 is 27.0 Å². The van der Waals surface area contributed by atoms with Crippen LogP contribution in [0.15, 0.2) is 27.2 Å². The van der Waals surface area contributed by atoms with Gasteiger partial charge in [0.15, 0.2) is 15.7 Å². The van der Waals surface area contributed by atoms with Gasteiger partial charge in [0.25, 0.3) is 10.0 Å². The number of hydrogen-bond acceptors (Lipinski definition) is 6. The number of aryl methyl sites for hydroxylation is 1. The Morgan fingerprint density at radius 3 is 2.75 bits per heavy atom. The summed E-state index contributed by atoms with van der Waals surface area (Å²) < 4.78 is 37.1. The van der Waals surface area contributed by atoms with Gasteiger partial charge in [-0.1, -0.05) is 11.3 Å².